The maximum absolute atomic E-state index is 12.6. The summed E-state index contributed by atoms with van der Waals surface area (Å²) in [6.07, 6.45) is 0.819. The largest absolute Gasteiger partial charge is 0.493 e. The number of esters is 1. The molecule has 0 N–H and O–H groups in total. The molecule has 29 heavy (non-hydrogen) atoms. The highest BCUT2D eigenvalue weighted by Crippen LogP contribution is 2.38. The number of hydrogen-bond acceptors (Lipinski definition) is 7. The minimum atomic E-state index is -0.587. The maximum Gasteiger partial charge on any atom is 0.338 e. The predicted molar refractivity (Wildman–Crippen MR) is 107 cm³/mol. The summed E-state index contributed by atoms with van der Waals surface area (Å²) in [7, 11) is 4.41. The fraction of sp³-hybridized carbons (Fsp3) is 0.273. The Labute approximate surface area is 167 Å². The van der Waals surface area contributed by atoms with Crippen LogP contribution in [-0.4, -0.2) is 27.3 Å². The Hall–Kier alpha value is -3.48. The zero-order valence-electron chi connectivity index (χ0n) is 16.7. The predicted octanol–water partition coefficient (Wildman–Crippen LogP) is 3.74. The lowest BCUT2D eigenvalue weighted by molar-refractivity contribution is 0.0473. The van der Waals surface area contributed by atoms with E-state index in [1.165, 1.54) is 39.5 Å². The van der Waals surface area contributed by atoms with Gasteiger partial charge in [0, 0.05) is 17.0 Å². The van der Waals surface area contributed by atoms with Gasteiger partial charge in [-0.25, -0.2) is 9.59 Å². The molecule has 0 atom stereocenters. The molecule has 0 aliphatic carbocycles. The van der Waals surface area contributed by atoms with Crippen LogP contribution in [0.5, 0.6) is 17.2 Å². The number of carbonyl (C=O) groups excluding carboxylic acids is 1. The molecule has 0 saturated carbocycles. The lowest BCUT2D eigenvalue weighted by Crippen LogP contribution is -2.09. The number of fused-ring (bicyclic) bond motifs is 1. The number of carbonyl (C=O) groups is 1. The van der Waals surface area contributed by atoms with E-state index in [9.17, 15) is 9.59 Å². The quantitative estimate of drug-likeness (QED) is 0.443. The summed E-state index contributed by atoms with van der Waals surface area (Å²) in [6, 6.07) is 9.98. The molecule has 1 heterocycles. The summed E-state index contributed by atoms with van der Waals surface area (Å²) in [6.45, 7) is 1.94. The molecule has 0 aliphatic heterocycles. The van der Waals surface area contributed by atoms with Gasteiger partial charge in [-0.2, -0.15) is 0 Å². The van der Waals surface area contributed by atoms with Crippen LogP contribution in [0.1, 0.15) is 28.4 Å². The summed E-state index contributed by atoms with van der Waals surface area (Å²) < 4.78 is 26.5. The van der Waals surface area contributed by atoms with Gasteiger partial charge in [0.05, 0.1) is 26.9 Å². The van der Waals surface area contributed by atoms with Crippen molar-refractivity contribution < 1.29 is 28.2 Å². The van der Waals surface area contributed by atoms with Crippen molar-refractivity contribution >= 4 is 16.9 Å². The third-order valence-corrected chi connectivity index (χ3v) is 4.56. The molecular formula is C22H22O7. The van der Waals surface area contributed by atoms with Crippen LogP contribution in [-0.2, 0) is 17.8 Å². The zero-order chi connectivity index (χ0) is 21.0. The van der Waals surface area contributed by atoms with Crippen molar-refractivity contribution in [1.82, 2.24) is 0 Å². The summed E-state index contributed by atoms with van der Waals surface area (Å²) in [5.74, 6) is 0.481. The molecule has 1 aromatic heterocycles. The van der Waals surface area contributed by atoms with Gasteiger partial charge < -0.3 is 23.4 Å². The van der Waals surface area contributed by atoms with Crippen LogP contribution >= 0.6 is 0 Å². The highest BCUT2D eigenvalue weighted by Gasteiger charge is 2.18. The van der Waals surface area contributed by atoms with Crippen molar-refractivity contribution in [3.8, 4) is 17.2 Å². The molecule has 152 valence electrons. The third-order valence-electron chi connectivity index (χ3n) is 4.56. The molecule has 0 saturated heterocycles. The van der Waals surface area contributed by atoms with Crippen LogP contribution in [0.15, 0.2) is 45.6 Å². The molecule has 0 bridgehead atoms. The smallest absolute Gasteiger partial charge is 0.338 e. The van der Waals surface area contributed by atoms with E-state index in [1.54, 1.807) is 0 Å². The highest BCUT2D eigenvalue weighted by atomic mass is 16.5. The number of methoxy groups -OCH3 is 3. The van der Waals surface area contributed by atoms with Crippen molar-refractivity contribution in [3.05, 3.63) is 63.5 Å². The number of rotatable bonds is 7. The van der Waals surface area contributed by atoms with Gasteiger partial charge in [-0.1, -0.05) is 19.1 Å². The van der Waals surface area contributed by atoms with E-state index < -0.39 is 11.6 Å². The molecule has 3 aromatic rings. The Morgan fingerprint density at radius 1 is 0.966 bits per heavy atom. The standard InChI is InChI=1S/C22H22O7/c1-5-13-6-7-16-15(11-20(23)29-17(16)8-13)12-28-22(24)14-9-18(25-2)21(27-4)19(10-14)26-3/h6-11H,5,12H2,1-4H3. The minimum Gasteiger partial charge on any atom is -0.493 e. The van der Waals surface area contributed by atoms with Gasteiger partial charge in [-0.05, 0) is 30.2 Å². The van der Waals surface area contributed by atoms with Crippen LogP contribution in [0.4, 0.5) is 0 Å². The fourth-order valence-electron chi connectivity index (χ4n) is 3.04. The molecule has 0 fully saturated rings. The lowest BCUT2D eigenvalue weighted by atomic mass is 10.1. The van der Waals surface area contributed by atoms with Crippen molar-refractivity contribution in [2.75, 3.05) is 21.3 Å². The molecule has 0 aliphatic rings. The van der Waals surface area contributed by atoms with E-state index in [2.05, 4.69) is 0 Å². The van der Waals surface area contributed by atoms with E-state index in [0.29, 0.717) is 28.4 Å². The number of aryl methyl sites for hydroxylation is 1. The van der Waals surface area contributed by atoms with Crippen LogP contribution in [0.25, 0.3) is 11.0 Å². The molecule has 7 heteroatoms. The summed E-state index contributed by atoms with van der Waals surface area (Å²) in [5, 5.41) is 0.722. The number of benzene rings is 2. The van der Waals surface area contributed by atoms with E-state index in [-0.39, 0.29) is 12.2 Å². The SMILES string of the molecule is CCc1ccc2c(COC(=O)c3cc(OC)c(OC)c(OC)c3)cc(=O)oc2c1. The van der Waals surface area contributed by atoms with Crippen molar-refractivity contribution in [1.29, 1.82) is 0 Å². The van der Waals surface area contributed by atoms with Gasteiger partial charge in [0.25, 0.3) is 0 Å². The topological polar surface area (TPSA) is 84.2 Å². The van der Waals surface area contributed by atoms with Crippen molar-refractivity contribution in [2.24, 2.45) is 0 Å². The number of ether oxygens (including phenoxy) is 4. The monoisotopic (exact) mass is 398 g/mol. The first-order valence-electron chi connectivity index (χ1n) is 9.03. The van der Waals surface area contributed by atoms with Gasteiger partial charge in [0.15, 0.2) is 11.5 Å². The van der Waals surface area contributed by atoms with Crippen molar-refractivity contribution in [3.63, 3.8) is 0 Å². The van der Waals surface area contributed by atoms with Crippen LogP contribution in [0, 0.1) is 0 Å². The Morgan fingerprint density at radius 3 is 2.24 bits per heavy atom. The maximum atomic E-state index is 12.6. The summed E-state index contributed by atoms with van der Waals surface area (Å²) in [4.78, 5) is 24.5. The Balaban J connectivity index is 1.89. The molecule has 0 amide bonds. The highest BCUT2D eigenvalue weighted by molar-refractivity contribution is 5.91. The van der Waals surface area contributed by atoms with Crippen LogP contribution in [0.2, 0.25) is 0 Å². The first kappa shape index (κ1) is 20.3. The summed E-state index contributed by atoms with van der Waals surface area (Å²) in [5.41, 5.74) is 1.83. The molecule has 7 nitrogen and oxygen atoms in total. The van der Waals surface area contributed by atoms with E-state index in [0.717, 1.165) is 17.4 Å². The lowest BCUT2D eigenvalue weighted by Gasteiger charge is -2.14. The second-order valence-electron chi connectivity index (χ2n) is 6.26. The van der Waals surface area contributed by atoms with E-state index in [4.69, 9.17) is 23.4 Å². The summed E-state index contributed by atoms with van der Waals surface area (Å²) >= 11 is 0. The molecule has 2 aromatic carbocycles. The fourth-order valence-corrected chi connectivity index (χ4v) is 3.04. The van der Waals surface area contributed by atoms with Crippen LogP contribution in [0.3, 0.4) is 0 Å². The van der Waals surface area contributed by atoms with Gasteiger partial charge in [0.2, 0.25) is 5.75 Å². The zero-order valence-corrected chi connectivity index (χ0v) is 16.7. The Bertz CT molecular complexity index is 1070. The second kappa shape index (κ2) is 8.68. The normalized spacial score (nSPS) is 10.6. The molecular weight excluding hydrogens is 376 g/mol. The second-order valence-corrected chi connectivity index (χ2v) is 6.26. The first-order valence-corrected chi connectivity index (χ1v) is 9.03. The van der Waals surface area contributed by atoms with Crippen LogP contribution < -0.4 is 19.8 Å². The van der Waals surface area contributed by atoms with Gasteiger partial charge in [-0.15, -0.1) is 0 Å². The Morgan fingerprint density at radius 2 is 1.66 bits per heavy atom. The minimum absolute atomic E-state index is 0.0803. The average Bonchev–Trinajstić information content (AvgIpc) is 2.75. The van der Waals surface area contributed by atoms with E-state index in [1.807, 2.05) is 25.1 Å². The van der Waals surface area contributed by atoms with E-state index >= 15 is 0 Å². The molecule has 3 rings (SSSR count). The van der Waals surface area contributed by atoms with Crippen molar-refractivity contribution in [2.45, 2.75) is 20.0 Å². The van der Waals surface area contributed by atoms with Gasteiger partial charge in [0.1, 0.15) is 12.2 Å². The Kier molecular flexibility index (Phi) is 6.07. The van der Waals surface area contributed by atoms with Gasteiger partial charge >= 0.3 is 11.6 Å². The molecule has 0 unspecified atom stereocenters. The molecule has 0 radical (unpaired) electrons. The number of hydrogen-bond donors (Lipinski definition) is 0. The third kappa shape index (κ3) is 4.18. The average molecular weight is 398 g/mol. The molecule has 0 spiro atoms. The first-order chi connectivity index (χ1) is 14.0. The van der Waals surface area contributed by atoms with Gasteiger partial charge in [-0.3, -0.25) is 0 Å².